The van der Waals surface area contributed by atoms with E-state index in [9.17, 15) is 4.79 Å². The van der Waals surface area contributed by atoms with Gasteiger partial charge in [0.15, 0.2) is 0 Å². The summed E-state index contributed by atoms with van der Waals surface area (Å²) in [5.41, 5.74) is 2.13. The van der Waals surface area contributed by atoms with Gasteiger partial charge >= 0.3 is 0 Å². The van der Waals surface area contributed by atoms with Gasteiger partial charge in [-0.05, 0) is 30.7 Å². The van der Waals surface area contributed by atoms with E-state index in [1.54, 1.807) is 36.5 Å². The summed E-state index contributed by atoms with van der Waals surface area (Å²) in [6.45, 7) is 3.07. The first-order valence-corrected chi connectivity index (χ1v) is 7.75. The molecule has 0 aliphatic heterocycles. The van der Waals surface area contributed by atoms with Crippen molar-refractivity contribution in [2.75, 3.05) is 17.2 Å². The fraction of sp³-hybridized carbons (Fsp3) is 0.278. The Hall–Kier alpha value is -2.87. The molecule has 1 aromatic heterocycles. The molecule has 5 nitrogen and oxygen atoms in total. The van der Waals surface area contributed by atoms with Gasteiger partial charge in [-0.3, -0.25) is 4.79 Å². The van der Waals surface area contributed by atoms with Crippen LogP contribution in [0, 0.1) is 11.3 Å². The zero-order chi connectivity index (χ0) is 16.5. The highest BCUT2D eigenvalue weighted by molar-refractivity contribution is 6.03. The quantitative estimate of drug-likeness (QED) is 0.762. The molecular formula is C18H20N4O. The molecule has 2 aromatic rings. The third-order valence-electron chi connectivity index (χ3n) is 3.40. The summed E-state index contributed by atoms with van der Waals surface area (Å²) >= 11 is 0. The number of carbonyl (C=O) groups is 1. The van der Waals surface area contributed by atoms with Crippen LogP contribution in [0.1, 0.15) is 42.2 Å². The van der Waals surface area contributed by atoms with E-state index in [0.29, 0.717) is 16.9 Å². The third kappa shape index (κ3) is 4.82. The molecule has 0 fully saturated rings. The number of anilines is 2. The molecule has 118 valence electrons. The molecule has 0 aliphatic rings. The van der Waals surface area contributed by atoms with Crippen molar-refractivity contribution in [3.8, 4) is 6.07 Å². The molecule has 23 heavy (non-hydrogen) atoms. The van der Waals surface area contributed by atoms with Crippen molar-refractivity contribution in [2.45, 2.75) is 26.2 Å². The molecule has 0 bridgehead atoms. The summed E-state index contributed by atoms with van der Waals surface area (Å²) in [5, 5.41) is 15.0. The van der Waals surface area contributed by atoms with Gasteiger partial charge in [0.05, 0.1) is 23.1 Å². The van der Waals surface area contributed by atoms with Crippen LogP contribution in [0.3, 0.4) is 0 Å². The van der Waals surface area contributed by atoms with Crippen LogP contribution >= 0.6 is 0 Å². The van der Waals surface area contributed by atoms with Crippen molar-refractivity contribution in [1.29, 1.82) is 5.26 Å². The molecular weight excluding hydrogens is 288 g/mol. The van der Waals surface area contributed by atoms with Crippen LogP contribution in [0.15, 0.2) is 42.6 Å². The Morgan fingerprint density at radius 1 is 1.22 bits per heavy atom. The highest BCUT2D eigenvalue weighted by Gasteiger charge is 2.10. The van der Waals surface area contributed by atoms with Crippen LogP contribution in [-0.4, -0.2) is 17.4 Å². The van der Waals surface area contributed by atoms with Gasteiger partial charge in [-0.15, -0.1) is 0 Å². The average Bonchev–Trinajstić information content (AvgIpc) is 2.59. The van der Waals surface area contributed by atoms with Crippen molar-refractivity contribution < 1.29 is 4.79 Å². The van der Waals surface area contributed by atoms with E-state index in [1.807, 2.05) is 12.1 Å². The second-order valence-corrected chi connectivity index (χ2v) is 5.18. The number of para-hydroxylation sites is 1. The lowest BCUT2D eigenvalue weighted by atomic mass is 10.2. The summed E-state index contributed by atoms with van der Waals surface area (Å²) in [6, 6.07) is 12.4. The van der Waals surface area contributed by atoms with Gasteiger partial charge in [0, 0.05) is 6.54 Å². The largest absolute Gasteiger partial charge is 0.384 e. The van der Waals surface area contributed by atoms with Crippen LogP contribution in [0.4, 0.5) is 11.4 Å². The number of benzene rings is 1. The number of nitriles is 1. The summed E-state index contributed by atoms with van der Waals surface area (Å²) in [6.07, 6.45) is 5.14. The molecule has 0 saturated heterocycles. The molecule has 0 unspecified atom stereocenters. The van der Waals surface area contributed by atoms with Crippen LogP contribution in [-0.2, 0) is 0 Å². The van der Waals surface area contributed by atoms with Crippen molar-refractivity contribution >= 4 is 17.3 Å². The fourth-order valence-electron chi connectivity index (χ4n) is 2.12. The molecule has 0 aliphatic carbocycles. The minimum absolute atomic E-state index is 0.317. The number of rotatable bonds is 7. The van der Waals surface area contributed by atoms with E-state index in [-0.39, 0.29) is 5.91 Å². The zero-order valence-electron chi connectivity index (χ0n) is 13.2. The molecule has 0 radical (unpaired) electrons. The van der Waals surface area contributed by atoms with E-state index < -0.39 is 0 Å². The van der Waals surface area contributed by atoms with Crippen molar-refractivity contribution in [1.82, 2.24) is 4.98 Å². The highest BCUT2D eigenvalue weighted by Crippen LogP contribution is 2.15. The molecule has 1 aromatic carbocycles. The van der Waals surface area contributed by atoms with Crippen molar-refractivity contribution in [3.05, 3.63) is 53.9 Å². The van der Waals surface area contributed by atoms with E-state index in [0.717, 1.165) is 18.7 Å². The summed E-state index contributed by atoms with van der Waals surface area (Å²) in [4.78, 5) is 16.4. The number of unbranched alkanes of at least 4 members (excludes halogenated alkanes) is 2. The lowest BCUT2D eigenvalue weighted by Crippen LogP contribution is -2.14. The number of hydrogen-bond acceptors (Lipinski definition) is 4. The summed E-state index contributed by atoms with van der Waals surface area (Å²) in [5.74, 6) is -0.328. The Morgan fingerprint density at radius 3 is 2.74 bits per heavy atom. The second-order valence-electron chi connectivity index (χ2n) is 5.18. The first kappa shape index (κ1) is 16.5. The highest BCUT2D eigenvalue weighted by atomic mass is 16.1. The monoisotopic (exact) mass is 308 g/mol. The number of nitrogens with one attached hydrogen (secondary N) is 2. The molecule has 0 saturated carbocycles. The summed E-state index contributed by atoms with van der Waals surface area (Å²) < 4.78 is 0. The average molecular weight is 308 g/mol. The minimum Gasteiger partial charge on any atom is -0.384 e. The molecule has 2 N–H and O–H groups in total. The topological polar surface area (TPSA) is 77.8 Å². The van der Waals surface area contributed by atoms with Crippen LogP contribution in [0.2, 0.25) is 0 Å². The van der Waals surface area contributed by atoms with Gasteiger partial charge in [-0.2, -0.15) is 5.26 Å². The Morgan fingerprint density at radius 2 is 2.04 bits per heavy atom. The number of nitrogens with zero attached hydrogens (tertiary/aromatic N) is 2. The van der Waals surface area contributed by atoms with Crippen molar-refractivity contribution in [2.24, 2.45) is 0 Å². The van der Waals surface area contributed by atoms with E-state index in [4.69, 9.17) is 5.26 Å². The maximum atomic E-state index is 12.2. The first-order valence-electron chi connectivity index (χ1n) is 7.75. The molecule has 0 atom stereocenters. The van der Waals surface area contributed by atoms with Gasteiger partial charge in [0.2, 0.25) is 0 Å². The molecule has 1 heterocycles. The first-order chi connectivity index (χ1) is 11.2. The van der Waals surface area contributed by atoms with E-state index in [2.05, 4.69) is 22.5 Å². The Balaban J connectivity index is 1.96. The molecule has 0 spiro atoms. The maximum absolute atomic E-state index is 12.2. The van der Waals surface area contributed by atoms with Crippen LogP contribution < -0.4 is 10.6 Å². The number of amides is 1. The smallest absolute Gasteiger partial charge is 0.274 e. The lowest BCUT2D eigenvalue weighted by molar-refractivity contribution is 0.102. The summed E-state index contributed by atoms with van der Waals surface area (Å²) in [7, 11) is 0. The van der Waals surface area contributed by atoms with Crippen molar-refractivity contribution in [3.63, 3.8) is 0 Å². The molecule has 5 heteroatoms. The van der Waals surface area contributed by atoms with Crippen LogP contribution in [0.25, 0.3) is 0 Å². The molecule has 2 rings (SSSR count). The lowest BCUT2D eigenvalue weighted by Gasteiger charge is -2.08. The predicted octanol–water partition coefficient (Wildman–Crippen LogP) is 3.81. The SMILES string of the molecule is CCCCCNc1ccc(C(=O)Nc2ccccc2C#N)nc1. The minimum atomic E-state index is -0.328. The fourth-order valence-corrected chi connectivity index (χ4v) is 2.12. The van der Waals surface area contributed by atoms with Gasteiger partial charge in [0.1, 0.15) is 11.8 Å². The Labute approximate surface area is 136 Å². The van der Waals surface area contributed by atoms with Gasteiger partial charge < -0.3 is 10.6 Å². The Kier molecular flexibility index (Phi) is 6.13. The number of aromatic nitrogens is 1. The normalized spacial score (nSPS) is 9.91. The van der Waals surface area contributed by atoms with Gasteiger partial charge in [0.25, 0.3) is 5.91 Å². The van der Waals surface area contributed by atoms with E-state index in [1.165, 1.54) is 12.8 Å². The van der Waals surface area contributed by atoms with E-state index >= 15 is 0 Å². The van der Waals surface area contributed by atoms with Crippen LogP contribution in [0.5, 0.6) is 0 Å². The molecule has 1 amide bonds. The standard InChI is InChI=1S/C18H20N4O/c1-2-3-6-11-20-15-9-10-17(21-13-15)18(23)22-16-8-5-4-7-14(16)12-19/h4-5,7-10,13,20H,2-3,6,11H2,1H3,(H,22,23). The number of carbonyl (C=O) groups excluding carboxylic acids is 1. The third-order valence-corrected chi connectivity index (χ3v) is 3.40. The second kappa shape index (κ2) is 8.54. The predicted molar refractivity (Wildman–Crippen MR) is 91.4 cm³/mol. The van der Waals surface area contributed by atoms with Gasteiger partial charge in [-0.25, -0.2) is 4.98 Å². The number of pyridine rings is 1. The number of hydrogen-bond donors (Lipinski definition) is 2. The Bertz CT molecular complexity index is 689. The zero-order valence-corrected chi connectivity index (χ0v) is 13.2. The van der Waals surface area contributed by atoms with Gasteiger partial charge in [-0.1, -0.05) is 31.9 Å². The maximum Gasteiger partial charge on any atom is 0.274 e.